The molecular weight excluding hydrogens is 350 g/mol. The summed E-state index contributed by atoms with van der Waals surface area (Å²) in [5.41, 5.74) is 2.08. The van der Waals surface area contributed by atoms with Crippen LogP contribution in [0.2, 0.25) is 0 Å². The summed E-state index contributed by atoms with van der Waals surface area (Å²) < 4.78 is 0. The molecule has 0 fully saturated rings. The molecule has 0 unspecified atom stereocenters. The Bertz CT molecular complexity index is 937. The molecule has 3 rings (SSSR count). The third-order valence-electron chi connectivity index (χ3n) is 4.27. The Morgan fingerprint density at radius 1 is 1.07 bits per heavy atom. The normalized spacial score (nSPS) is 12.9. The number of fused-ring (bicyclic) bond motifs is 1. The number of hydrogen-bond acceptors (Lipinski definition) is 5. The number of hydrogen-bond donors (Lipinski definition) is 1. The lowest BCUT2D eigenvalue weighted by Gasteiger charge is -2.13. The van der Waals surface area contributed by atoms with E-state index in [1.165, 1.54) is 24.3 Å². The molecule has 1 aliphatic heterocycles. The van der Waals surface area contributed by atoms with Crippen LogP contribution in [-0.4, -0.2) is 34.1 Å². The fourth-order valence-corrected chi connectivity index (χ4v) is 2.90. The molecule has 0 aliphatic carbocycles. The van der Waals surface area contributed by atoms with Gasteiger partial charge < -0.3 is 5.32 Å². The van der Waals surface area contributed by atoms with Crippen LogP contribution in [0.3, 0.4) is 0 Å². The summed E-state index contributed by atoms with van der Waals surface area (Å²) in [7, 11) is 0. The van der Waals surface area contributed by atoms with Crippen molar-refractivity contribution in [2.45, 2.75) is 19.8 Å². The molecule has 0 bridgehead atoms. The molecule has 0 spiro atoms. The molecule has 0 atom stereocenters. The first-order valence-corrected chi connectivity index (χ1v) is 8.38. The average molecular weight is 367 g/mol. The lowest BCUT2D eigenvalue weighted by molar-refractivity contribution is -0.384. The number of benzene rings is 2. The zero-order chi connectivity index (χ0) is 19.6. The minimum atomic E-state index is -0.519. The van der Waals surface area contributed by atoms with Gasteiger partial charge in [-0.15, -0.1) is 0 Å². The van der Waals surface area contributed by atoms with Crippen LogP contribution in [0.15, 0.2) is 42.5 Å². The first kappa shape index (κ1) is 18.2. The summed E-state index contributed by atoms with van der Waals surface area (Å²) in [4.78, 5) is 47.9. The fraction of sp³-hybridized carbons (Fsp3) is 0.211. The number of nitro benzene ring substituents is 1. The molecule has 1 heterocycles. The summed E-state index contributed by atoms with van der Waals surface area (Å²) in [6, 6.07) is 10.6. The minimum Gasteiger partial charge on any atom is -0.326 e. The van der Waals surface area contributed by atoms with Crippen molar-refractivity contribution in [3.05, 3.63) is 69.3 Å². The molecule has 2 aromatic carbocycles. The maximum absolute atomic E-state index is 12.4. The van der Waals surface area contributed by atoms with Gasteiger partial charge in [0.25, 0.3) is 17.5 Å². The number of carbonyl (C=O) groups is 3. The third-order valence-corrected chi connectivity index (χ3v) is 4.27. The average Bonchev–Trinajstić information content (AvgIpc) is 2.86. The number of rotatable bonds is 6. The fourth-order valence-electron chi connectivity index (χ4n) is 2.90. The second-order valence-corrected chi connectivity index (χ2v) is 6.27. The molecule has 1 aliphatic rings. The lowest BCUT2D eigenvalue weighted by atomic mass is 10.1. The van der Waals surface area contributed by atoms with E-state index in [-0.39, 0.29) is 36.4 Å². The van der Waals surface area contributed by atoms with E-state index in [0.717, 1.165) is 10.5 Å². The number of anilines is 1. The van der Waals surface area contributed by atoms with Gasteiger partial charge in [0.15, 0.2) is 0 Å². The van der Waals surface area contributed by atoms with E-state index in [4.69, 9.17) is 0 Å². The van der Waals surface area contributed by atoms with Crippen molar-refractivity contribution >= 4 is 29.1 Å². The molecule has 138 valence electrons. The van der Waals surface area contributed by atoms with Crippen LogP contribution in [0.5, 0.6) is 0 Å². The summed E-state index contributed by atoms with van der Waals surface area (Å²) >= 11 is 0. The van der Waals surface area contributed by atoms with Crippen molar-refractivity contribution in [1.29, 1.82) is 0 Å². The van der Waals surface area contributed by atoms with Crippen LogP contribution in [0.25, 0.3) is 0 Å². The number of nitrogens with zero attached hydrogens (tertiary/aromatic N) is 2. The molecule has 3 amide bonds. The quantitative estimate of drug-likeness (QED) is 0.479. The first-order valence-electron chi connectivity index (χ1n) is 8.38. The number of nitro groups is 1. The number of amides is 3. The van der Waals surface area contributed by atoms with Gasteiger partial charge in [-0.25, -0.2) is 0 Å². The predicted molar refractivity (Wildman–Crippen MR) is 97.5 cm³/mol. The third kappa shape index (κ3) is 3.84. The second kappa shape index (κ2) is 7.36. The Kier molecular flexibility index (Phi) is 4.98. The summed E-state index contributed by atoms with van der Waals surface area (Å²) in [5.74, 6) is -0.975. The van der Waals surface area contributed by atoms with Crippen LogP contribution < -0.4 is 5.32 Å². The van der Waals surface area contributed by atoms with Crippen molar-refractivity contribution in [2.75, 3.05) is 11.9 Å². The standard InChI is InChI=1S/C19H17N3O5/c1-12-4-9-15-16(11-12)19(25)21(18(15)24)10-2-3-17(23)20-13-5-7-14(8-6-13)22(26)27/h4-9,11H,2-3,10H2,1H3,(H,20,23). The number of non-ortho nitro benzene ring substituents is 1. The SMILES string of the molecule is Cc1ccc2c(c1)C(=O)N(CCCC(=O)Nc1ccc([N+](=O)[O-])cc1)C2=O. The maximum Gasteiger partial charge on any atom is 0.269 e. The highest BCUT2D eigenvalue weighted by molar-refractivity contribution is 6.21. The van der Waals surface area contributed by atoms with Gasteiger partial charge in [0.05, 0.1) is 16.1 Å². The predicted octanol–water partition coefficient (Wildman–Crippen LogP) is 2.92. The number of aryl methyl sites for hydroxylation is 1. The van der Waals surface area contributed by atoms with Crippen molar-refractivity contribution in [3.63, 3.8) is 0 Å². The maximum atomic E-state index is 12.4. The lowest BCUT2D eigenvalue weighted by Crippen LogP contribution is -2.31. The Hall–Kier alpha value is -3.55. The number of carbonyl (C=O) groups excluding carboxylic acids is 3. The molecule has 0 saturated carbocycles. The highest BCUT2D eigenvalue weighted by atomic mass is 16.6. The highest BCUT2D eigenvalue weighted by Gasteiger charge is 2.34. The molecule has 0 saturated heterocycles. The molecule has 0 aromatic heterocycles. The van der Waals surface area contributed by atoms with Gasteiger partial charge in [-0.1, -0.05) is 11.6 Å². The van der Waals surface area contributed by atoms with E-state index >= 15 is 0 Å². The summed E-state index contributed by atoms with van der Waals surface area (Å²) in [6.07, 6.45) is 0.437. The van der Waals surface area contributed by atoms with Gasteiger partial charge in [-0.3, -0.25) is 29.4 Å². The van der Waals surface area contributed by atoms with Gasteiger partial charge in [0, 0.05) is 30.8 Å². The first-order chi connectivity index (χ1) is 12.9. The van der Waals surface area contributed by atoms with E-state index < -0.39 is 4.92 Å². The monoisotopic (exact) mass is 367 g/mol. The second-order valence-electron chi connectivity index (χ2n) is 6.27. The van der Waals surface area contributed by atoms with Crippen molar-refractivity contribution < 1.29 is 19.3 Å². The smallest absolute Gasteiger partial charge is 0.269 e. The Morgan fingerprint density at radius 2 is 1.74 bits per heavy atom. The molecule has 27 heavy (non-hydrogen) atoms. The van der Waals surface area contributed by atoms with Crippen molar-refractivity contribution in [2.24, 2.45) is 0 Å². The van der Waals surface area contributed by atoms with E-state index in [1.807, 2.05) is 6.92 Å². The zero-order valence-electron chi connectivity index (χ0n) is 14.6. The molecule has 8 heteroatoms. The summed E-state index contributed by atoms with van der Waals surface area (Å²) in [5, 5.41) is 13.2. The highest BCUT2D eigenvalue weighted by Crippen LogP contribution is 2.24. The van der Waals surface area contributed by atoms with Crippen molar-refractivity contribution in [3.8, 4) is 0 Å². The topological polar surface area (TPSA) is 110 Å². The van der Waals surface area contributed by atoms with E-state index in [1.54, 1.807) is 18.2 Å². The van der Waals surface area contributed by atoms with Crippen LogP contribution in [0.4, 0.5) is 11.4 Å². The molecule has 1 N–H and O–H groups in total. The minimum absolute atomic E-state index is 0.0612. The summed E-state index contributed by atoms with van der Waals surface area (Å²) in [6.45, 7) is 2.00. The molecule has 0 radical (unpaired) electrons. The largest absolute Gasteiger partial charge is 0.326 e. The van der Waals surface area contributed by atoms with Crippen LogP contribution in [-0.2, 0) is 4.79 Å². The molecule has 8 nitrogen and oxygen atoms in total. The zero-order valence-corrected chi connectivity index (χ0v) is 14.6. The van der Waals surface area contributed by atoms with E-state index in [0.29, 0.717) is 23.2 Å². The van der Waals surface area contributed by atoms with Crippen LogP contribution in [0, 0.1) is 17.0 Å². The van der Waals surface area contributed by atoms with Crippen LogP contribution in [0.1, 0.15) is 39.1 Å². The van der Waals surface area contributed by atoms with Crippen LogP contribution >= 0.6 is 0 Å². The Balaban J connectivity index is 1.52. The van der Waals surface area contributed by atoms with Crippen molar-refractivity contribution in [1.82, 2.24) is 4.90 Å². The van der Waals surface area contributed by atoms with Gasteiger partial charge in [0.2, 0.25) is 5.91 Å². The van der Waals surface area contributed by atoms with Gasteiger partial charge in [0.1, 0.15) is 0 Å². The Morgan fingerprint density at radius 3 is 2.41 bits per heavy atom. The number of nitrogens with one attached hydrogen (secondary N) is 1. The Labute approximate surface area is 154 Å². The molecule has 2 aromatic rings. The number of imide groups is 1. The van der Waals surface area contributed by atoms with E-state index in [9.17, 15) is 24.5 Å². The van der Waals surface area contributed by atoms with E-state index in [2.05, 4.69) is 5.32 Å². The van der Waals surface area contributed by atoms with Gasteiger partial charge in [-0.05, 0) is 37.6 Å². The van der Waals surface area contributed by atoms with Gasteiger partial charge in [-0.2, -0.15) is 0 Å². The molecular formula is C19H17N3O5. The van der Waals surface area contributed by atoms with Gasteiger partial charge >= 0.3 is 0 Å².